The fourth-order valence-electron chi connectivity index (χ4n) is 9.28. The van der Waals surface area contributed by atoms with Crippen molar-refractivity contribution in [2.24, 2.45) is 0 Å². The van der Waals surface area contributed by atoms with Gasteiger partial charge in [0.25, 0.3) is 0 Å². The number of carbonyl (C=O) groups is 2. The van der Waals surface area contributed by atoms with E-state index in [2.05, 4.69) is 19.2 Å². The van der Waals surface area contributed by atoms with Crippen molar-refractivity contribution in [3.05, 3.63) is 12.2 Å². The van der Waals surface area contributed by atoms with Crippen LogP contribution in [0.2, 0.25) is 0 Å². The summed E-state index contributed by atoms with van der Waals surface area (Å²) < 4.78 is 5.48. The van der Waals surface area contributed by atoms with E-state index in [9.17, 15) is 19.8 Å². The second-order valence-electron chi connectivity index (χ2n) is 20.3. The summed E-state index contributed by atoms with van der Waals surface area (Å²) in [6.45, 7) is 4.91. The van der Waals surface area contributed by atoms with E-state index in [4.69, 9.17) is 4.74 Å². The van der Waals surface area contributed by atoms with E-state index in [-0.39, 0.29) is 18.5 Å². The molecule has 0 aliphatic heterocycles. The van der Waals surface area contributed by atoms with E-state index in [1.165, 1.54) is 263 Å². The molecule has 6 heteroatoms. The number of hydrogen-bond donors (Lipinski definition) is 3. The quantitative estimate of drug-likeness (QED) is 0.0321. The van der Waals surface area contributed by atoms with Gasteiger partial charge in [-0.3, -0.25) is 9.59 Å². The lowest BCUT2D eigenvalue weighted by Gasteiger charge is -2.20. The lowest BCUT2D eigenvalue weighted by Crippen LogP contribution is -2.45. The zero-order chi connectivity index (χ0) is 47.2. The molecule has 0 bridgehead atoms. The Hall–Kier alpha value is -1.40. The van der Waals surface area contributed by atoms with Gasteiger partial charge in [-0.1, -0.05) is 296 Å². The lowest BCUT2D eigenvalue weighted by atomic mass is 10.0. The molecule has 0 saturated heterocycles. The van der Waals surface area contributed by atoms with Gasteiger partial charge in [-0.15, -0.1) is 0 Å². The monoisotopic (exact) mass is 918 g/mol. The van der Waals surface area contributed by atoms with E-state index in [1.807, 2.05) is 6.08 Å². The highest BCUT2D eigenvalue weighted by atomic mass is 16.5. The number of aliphatic hydroxyl groups excluding tert-OH is 2. The summed E-state index contributed by atoms with van der Waals surface area (Å²) in [5, 5.41) is 23.0. The van der Waals surface area contributed by atoms with E-state index >= 15 is 0 Å². The predicted molar refractivity (Wildman–Crippen MR) is 283 cm³/mol. The number of amides is 1. The van der Waals surface area contributed by atoms with Crippen LogP contribution in [0.1, 0.15) is 328 Å². The van der Waals surface area contributed by atoms with Crippen molar-refractivity contribution in [3.8, 4) is 0 Å². The van der Waals surface area contributed by atoms with Crippen LogP contribution >= 0.6 is 0 Å². The summed E-state index contributed by atoms with van der Waals surface area (Å²) in [5.41, 5.74) is 0. The summed E-state index contributed by atoms with van der Waals surface area (Å²) in [6.07, 6.45) is 65.3. The maximum atomic E-state index is 12.4. The molecule has 65 heavy (non-hydrogen) atoms. The Bertz CT molecular complexity index is 970. The smallest absolute Gasteiger partial charge is 0.305 e. The molecule has 0 rings (SSSR count). The molecule has 2 unspecified atom stereocenters. The van der Waals surface area contributed by atoms with Crippen LogP contribution in [0.15, 0.2) is 12.2 Å². The molecule has 386 valence electrons. The van der Waals surface area contributed by atoms with Crippen LogP contribution in [0.25, 0.3) is 0 Å². The Morgan fingerprint density at radius 2 is 0.708 bits per heavy atom. The minimum atomic E-state index is -0.841. The molecular formula is C59H115NO5. The topological polar surface area (TPSA) is 95.9 Å². The predicted octanol–water partition coefficient (Wildman–Crippen LogP) is 18.1. The van der Waals surface area contributed by atoms with E-state index in [1.54, 1.807) is 6.08 Å². The number of carbonyl (C=O) groups excluding carboxylic acids is 2. The first-order valence-electron chi connectivity index (χ1n) is 29.5. The number of rotatable bonds is 55. The Morgan fingerprint density at radius 3 is 1.05 bits per heavy atom. The minimum Gasteiger partial charge on any atom is -0.466 e. The zero-order valence-corrected chi connectivity index (χ0v) is 44.0. The van der Waals surface area contributed by atoms with Gasteiger partial charge in [0.1, 0.15) is 0 Å². The summed E-state index contributed by atoms with van der Waals surface area (Å²) >= 11 is 0. The molecule has 0 heterocycles. The molecule has 0 aromatic carbocycles. The van der Waals surface area contributed by atoms with Gasteiger partial charge < -0.3 is 20.3 Å². The first-order valence-corrected chi connectivity index (χ1v) is 29.5. The third-order valence-electron chi connectivity index (χ3n) is 13.8. The Labute approximate surface area is 406 Å². The highest BCUT2D eigenvalue weighted by Crippen LogP contribution is 2.18. The van der Waals surface area contributed by atoms with Crippen LogP contribution in [0.5, 0.6) is 0 Å². The third-order valence-corrected chi connectivity index (χ3v) is 13.8. The third kappa shape index (κ3) is 51.8. The number of aliphatic hydroxyl groups is 2. The average Bonchev–Trinajstić information content (AvgIpc) is 3.31. The highest BCUT2D eigenvalue weighted by molar-refractivity contribution is 5.76. The van der Waals surface area contributed by atoms with Crippen LogP contribution in [0.3, 0.4) is 0 Å². The van der Waals surface area contributed by atoms with Crippen molar-refractivity contribution < 1.29 is 24.5 Å². The molecule has 0 aromatic rings. The van der Waals surface area contributed by atoms with Gasteiger partial charge in [0.15, 0.2) is 0 Å². The van der Waals surface area contributed by atoms with Crippen LogP contribution < -0.4 is 5.32 Å². The van der Waals surface area contributed by atoms with Gasteiger partial charge in [-0.2, -0.15) is 0 Å². The molecule has 2 atom stereocenters. The van der Waals surface area contributed by atoms with Gasteiger partial charge >= 0.3 is 5.97 Å². The van der Waals surface area contributed by atoms with Crippen molar-refractivity contribution >= 4 is 11.9 Å². The lowest BCUT2D eigenvalue weighted by molar-refractivity contribution is -0.143. The Kier molecular flexibility index (Phi) is 54.0. The average molecular weight is 919 g/mol. The molecule has 6 nitrogen and oxygen atoms in total. The SMILES string of the molecule is CCCCCCCCCCC/C=C/C(O)C(CO)NC(=O)CCCCCCCCCCCCCCCCCCCCCCCCCOC(=O)CCCCCCCCCCCCCCCC. The van der Waals surface area contributed by atoms with Gasteiger partial charge in [-0.25, -0.2) is 0 Å². The van der Waals surface area contributed by atoms with Crippen LogP contribution in [0, 0.1) is 0 Å². The maximum absolute atomic E-state index is 12.4. The van der Waals surface area contributed by atoms with Gasteiger partial charge in [0.05, 0.1) is 25.4 Å². The van der Waals surface area contributed by atoms with Gasteiger partial charge in [0.2, 0.25) is 5.91 Å². The van der Waals surface area contributed by atoms with Crippen LogP contribution in [-0.4, -0.2) is 47.4 Å². The summed E-state index contributed by atoms with van der Waals surface area (Å²) in [7, 11) is 0. The number of ether oxygens (including phenoxy) is 1. The Balaban J connectivity index is 3.35. The standard InChI is InChI=1S/C59H115NO5/c1-3-5-7-9-11-13-15-16-29-33-37-41-45-49-53-59(64)65-54-50-46-42-38-34-30-27-25-23-21-19-17-18-20-22-24-26-28-32-36-40-44-48-52-58(63)60-56(55-61)57(62)51-47-43-39-35-31-14-12-10-8-6-4-2/h47,51,56-57,61-62H,3-46,48-50,52-55H2,1-2H3,(H,60,63)/b51-47+. The second-order valence-corrected chi connectivity index (χ2v) is 20.3. The number of allylic oxidation sites excluding steroid dienone is 1. The van der Waals surface area contributed by atoms with E-state index in [0.717, 1.165) is 38.5 Å². The molecule has 0 radical (unpaired) electrons. The van der Waals surface area contributed by atoms with Gasteiger partial charge in [0, 0.05) is 12.8 Å². The molecule has 0 saturated carbocycles. The fraction of sp³-hybridized carbons (Fsp3) is 0.932. The van der Waals surface area contributed by atoms with Crippen LogP contribution in [-0.2, 0) is 14.3 Å². The fourth-order valence-corrected chi connectivity index (χ4v) is 9.28. The van der Waals surface area contributed by atoms with E-state index < -0.39 is 12.1 Å². The molecule has 1 amide bonds. The molecule has 3 N–H and O–H groups in total. The van der Waals surface area contributed by atoms with Crippen LogP contribution in [0.4, 0.5) is 0 Å². The van der Waals surface area contributed by atoms with Crippen molar-refractivity contribution in [3.63, 3.8) is 0 Å². The zero-order valence-electron chi connectivity index (χ0n) is 44.0. The van der Waals surface area contributed by atoms with Crippen molar-refractivity contribution in [2.45, 2.75) is 341 Å². The number of nitrogens with one attached hydrogen (secondary N) is 1. The number of unbranched alkanes of at least 4 members (excludes halogenated alkanes) is 44. The summed E-state index contributed by atoms with van der Waals surface area (Å²) in [6, 6.07) is -0.625. The van der Waals surface area contributed by atoms with Crippen molar-refractivity contribution in [2.75, 3.05) is 13.2 Å². The first kappa shape index (κ1) is 63.6. The maximum Gasteiger partial charge on any atom is 0.305 e. The largest absolute Gasteiger partial charge is 0.466 e. The summed E-state index contributed by atoms with van der Waals surface area (Å²) in [5.74, 6) is -0.0510. The normalized spacial score (nSPS) is 12.6. The highest BCUT2D eigenvalue weighted by Gasteiger charge is 2.18. The van der Waals surface area contributed by atoms with Crippen molar-refractivity contribution in [1.82, 2.24) is 5.32 Å². The Morgan fingerprint density at radius 1 is 0.415 bits per heavy atom. The second kappa shape index (κ2) is 55.2. The molecule has 0 fully saturated rings. The summed E-state index contributed by atoms with van der Waals surface area (Å²) in [4.78, 5) is 24.5. The van der Waals surface area contributed by atoms with E-state index in [0.29, 0.717) is 19.4 Å². The molecular weight excluding hydrogens is 803 g/mol. The molecule has 0 aromatic heterocycles. The van der Waals surface area contributed by atoms with Crippen molar-refractivity contribution in [1.29, 1.82) is 0 Å². The van der Waals surface area contributed by atoms with Gasteiger partial charge in [-0.05, 0) is 32.1 Å². The number of esters is 1. The first-order chi connectivity index (χ1) is 32.0. The number of hydrogen-bond acceptors (Lipinski definition) is 5. The molecule has 0 aliphatic carbocycles. The molecule has 0 aliphatic rings. The minimum absolute atomic E-state index is 0.0164. The molecule has 0 spiro atoms.